The number of carbonyl (C=O) groups excluding carboxylic acids is 1. The molecule has 0 aromatic heterocycles. The van der Waals surface area contributed by atoms with Crippen molar-refractivity contribution in [2.24, 2.45) is 5.41 Å². The van der Waals surface area contributed by atoms with Crippen LogP contribution in [0.3, 0.4) is 0 Å². The van der Waals surface area contributed by atoms with Crippen molar-refractivity contribution in [1.29, 1.82) is 0 Å². The lowest BCUT2D eigenvalue weighted by atomic mass is 9.81. The number of halogens is 2. The Morgan fingerprint density at radius 3 is 2.71 bits per heavy atom. The average molecular weight is 255 g/mol. The highest BCUT2D eigenvalue weighted by molar-refractivity contribution is 6.30. The second-order valence-electron chi connectivity index (χ2n) is 5.10. The molecule has 0 saturated heterocycles. The van der Waals surface area contributed by atoms with Crippen LogP contribution in [0.1, 0.15) is 38.2 Å². The molecule has 0 radical (unpaired) electrons. The van der Waals surface area contributed by atoms with Gasteiger partial charge in [-0.25, -0.2) is 4.39 Å². The largest absolute Gasteiger partial charge is 0.299 e. The van der Waals surface area contributed by atoms with Gasteiger partial charge in [0.1, 0.15) is 11.6 Å². The van der Waals surface area contributed by atoms with E-state index in [4.69, 9.17) is 11.6 Å². The number of Topliss-reactive ketones (excluding diaryl/α,β-unsaturated/α-hetero) is 1. The Balaban J connectivity index is 2.15. The molecule has 3 heteroatoms. The van der Waals surface area contributed by atoms with E-state index in [1.807, 2.05) is 6.92 Å². The molecule has 0 spiro atoms. The summed E-state index contributed by atoms with van der Waals surface area (Å²) in [5.41, 5.74) is 0.157. The van der Waals surface area contributed by atoms with E-state index >= 15 is 0 Å². The molecule has 1 fully saturated rings. The first-order chi connectivity index (χ1) is 8.01. The summed E-state index contributed by atoms with van der Waals surface area (Å²) in [7, 11) is 0. The summed E-state index contributed by atoms with van der Waals surface area (Å²) < 4.78 is 13.5. The van der Waals surface area contributed by atoms with Crippen LogP contribution in [0.25, 0.3) is 0 Å². The second-order valence-corrected chi connectivity index (χ2v) is 5.54. The van der Waals surface area contributed by atoms with E-state index in [1.165, 1.54) is 12.1 Å². The summed E-state index contributed by atoms with van der Waals surface area (Å²) in [6, 6.07) is 4.37. The third-order valence-electron chi connectivity index (χ3n) is 3.74. The van der Waals surface area contributed by atoms with Crippen molar-refractivity contribution < 1.29 is 9.18 Å². The predicted molar refractivity (Wildman–Crippen MR) is 66.7 cm³/mol. The summed E-state index contributed by atoms with van der Waals surface area (Å²) in [6.45, 7) is 1.99. The minimum atomic E-state index is -0.343. The molecule has 0 amide bonds. The van der Waals surface area contributed by atoms with Gasteiger partial charge in [-0.15, -0.1) is 0 Å². The number of hydrogen-bond donors (Lipinski definition) is 0. The fourth-order valence-corrected chi connectivity index (χ4v) is 2.69. The van der Waals surface area contributed by atoms with Crippen LogP contribution >= 0.6 is 11.6 Å². The van der Waals surface area contributed by atoms with Gasteiger partial charge < -0.3 is 0 Å². The minimum absolute atomic E-state index is 0.135. The maximum Gasteiger partial charge on any atom is 0.143 e. The van der Waals surface area contributed by atoms with Crippen molar-refractivity contribution in [1.82, 2.24) is 0 Å². The molecule has 17 heavy (non-hydrogen) atoms. The van der Waals surface area contributed by atoms with Crippen LogP contribution < -0.4 is 0 Å². The van der Waals surface area contributed by atoms with Crippen molar-refractivity contribution >= 4 is 17.4 Å². The zero-order valence-electron chi connectivity index (χ0n) is 9.93. The molecule has 0 atom stereocenters. The fraction of sp³-hybridized carbons (Fsp3) is 0.500. The summed E-state index contributed by atoms with van der Waals surface area (Å²) in [5, 5.41) is 0.478. The van der Waals surface area contributed by atoms with Crippen LogP contribution in [0.5, 0.6) is 0 Å². The fourth-order valence-electron chi connectivity index (χ4n) is 2.50. The van der Waals surface area contributed by atoms with Gasteiger partial charge >= 0.3 is 0 Å². The summed E-state index contributed by atoms with van der Waals surface area (Å²) >= 11 is 5.82. The molecule has 1 aliphatic rings. The lowest BCUT2D eigenvalue weighted by Gasteiger charge is -2.21. The van der Waals surface area contributed by atoms with E-state index in [9.17, 15) is 9.18 Å². The molecule has 92 valence electrons. The summed E-state index contributed by atoms with van der Waals surface area (Å²) in [6.07, 6.45) is 4.20. The van der Waals surface area contributed by atoms with Crippen molar-refractivity contribution in [3.05, 3.63) is 34.6 Å². The molecule has 0 aliphatic heterocycles. The SMILES string of the molecule is CC1(C(=O)Cc2cc(Cl)ccc2F)CCCC1. The Hall–Kier alpha value is -0.890. The molecular formula is C14H16ClFO. The maximum absolute atomic E-state index is 13.5. The van der Waals surface area contributed by atoms with Gasteiger partial charge in [0.15, 0.2) is 0 Å². The first-order valence-corrected chi connectivity index (χ1v) is 6.36. The average Bonchev–Trinajstić information content (AvgIpc) is 2.72. The van der Waals surface area contributed by atoms with Gasteiger partial charge in [-0.2, -0.15) is 0 Å². The molecule has 0 heterocycles. The third kappa shape index (κ3) is 2.68. The molecule has 0 N–H and O–H groups in total. The van der Waals surface area contributed by atoms with Crippen LogP contribution in [-0.2, 0) is 11.2 Å². The van der Waals surface area contributed by atoms with Gasteiger partial charge in [0.2, 0.25) is 0 Å². The first-order valence-electron chi connectivity index (χ1n) is 5.98. The summed E-state index contributed by atoms with van der Waals surface area (Å²) in [4.78, 5) is 12.2. The Labute approximate surface area is 106 Å². The summed E-state index contributed by atoms with van der Waals surface area (Å²) in [5.74, 6) is -0.208. The highest BCUT2D eigenvalue weighted by Gasteiger charge is 2.35. The topological polar surface area (TPSA) is 17.1 Å². The normalized spacial score (nSPS) is 18.3. The molecule has 2 rings (SSSR count). The lowest BCUT2D eigenvalue weighted by molar-refractivity contribution is -0.127. The molecule has 1 aromatic carbocycles. The third-order valence-corrected chi connectivity index (χ3v) is 3.97. The highest BCUT2D eigenvalue weighted by atomic mass is 35.5. The van der Waals surface area contributed by atoms with Crippen LogP contribution in [0, 0.1) is 11.2 Å². The molecule has 1 nitrogen and oxygen atoms in total. The quantitative estimate of drug-likeness (QED) is 0.791. The van der Waals surface area contributed by atoms with Crippen LogP contribution in [0.4, 0.5) is 4.39 Å². The predicted octanol–water partition coefficient (Wildman–Crippen LogP) is 4.17. The highest BCUT2D eigenvalue weighted by Crippen LogP contribution is 2.39. The number of carbonyl (C=O) groups is 1. The molecule has 0 unspecified atom stereocenters. The first kappa shape index (κ1) is 12.6. The van der Waals surface area contributed by atoms with Gasteiger partial charge in [-0.1, -0.05) is 31.4 Å². The Morgan fingerprint density at radius 1 is 1.41 bits per heavy atom. The number of rotatable bonds is 3. The van der Waals surface area contributed by atoms with Gasteiger partial charge in [-0.3, -0.25) is 4.79 Å². The molecule has 0 bridgehead atoms. The van der Waals surface area contributed by atoms with E-state index in [1.54, 1.807) is 6.07 Å². The van der Waals surface area contributed by atoms with E-state index in [0.717, 1.165) is 25.7 Å². The zero-order valence-corrected chi connectivity index (χ0v) is 10.7. The van der Waals surface area contributed by atoms with Gasteiger partial charge in [-0.05, 0) is 36.6 Å². The maximum atomic E-state index is 13.5. The number of ketones is 1. The van der Waals surface area contributed by atoms with E-state index in [2.05, 4.69) is 0 Å². The lowest BCUT2D eigenvalue weighted by Crippen LogP contribution is -2.26. The molecule has 1 aromatic rings. The minimum Gasteiger partial charge on any atom is -0.299 e. The second kappa shape index (κ2) is 4.77. The molecule has 1 aliphatic carbocycles. The van der Waals surface area contributed by atoms with E-state index in [0.29, 0.717) is 10.6 Å². The number of hydrogen-bond acceptors (Lipinski definition) is 1. The van der Waals surface area contributed by atoms with Crippen LogP contribution in [0.15, 0.2) is 18.2 Å². The van der Waals surface area contributed by atoms with E-state index < -0.39 is 0 Å². The monoisotopic (exact) mass is 254 g/mol. The van der Waals surface area contributed by atoms with Crippen molar-refractivity contribution in [2.75, 3.05) is 0 Å². The van der Waals surface area contributed by atoms with Crippen molar-refractivity contribution in [3.8, 4) is 0 Å². The van der Waals surface area contributed by atoms with Gasteiger partial charge in [0, 0.05) is 16.9 Å². The molecular weight excluding hydrogens is 239 g/mol. The van der Waals surface area contributed by atoms with Gasteiger partial charge in [0.05, 0.1) is 0 Å². The van der Waals surface area contributed by atoms with Crippen LogP contribution in [0.2, 0.25) is 5.02 Å². The number of benzene rings is 1. The Kier molecular flexibility index (Phi) is 3.53. The van der Waals surface area contributed by atoms with Crippen molar-refractivity contribution in [2.45, 2.75) is 39.0 Å². The Morgan fingerprint density at radius 2 is 2.06 bits per heavy atom. The van der Waals surface area contributed by atoms with Crippen molar-refractivity contribution in [3.63, 3.8) is 0 Å². The van der Waals surface area contributed by atoms with Crippen LogP contribution in [-0.4, -0.2) is 5.78 Å². The zero-order chi connectivity index (χ0) is 12.5. The molecule has 1 saturated carbocycles. The van der Waals surface area contributed by atoms with Gasteiger partial charge in [0.25, 0.3) is 0 Å². The standard InChI is InChI=1S/C14H16ClFO/c1-14(6-2-3-7-14)13(17)9-10-8-11(15)4-5-12(10)16/h4-5,8H,2-3,6-7,9H2,1H3. The smallest absolute Gasteiger partial charge is 0.143 e. The van der Waals surface area contributed by atoms with E-state index in [-0.39, 0.29) is 23.4 Å². The Bertz CT molecular complexity index is 436.